The number of piperazine rings is 1. The number of amides is 5. The van der Waals surface area contributed by atoms with Gasteiger partial charge in [-0.15, -0.1) is 0 Å². The normalized spacial score (nSPS) is 18.1. The van der Waals surface area contributed by atoms with E-state index < -0.39 is 12.1 Å². The number of nitrogens with zero attached hydrogens (tertiary/aromatic N) is 3. The number of rotatable bonds is 4. The number of ether oxygens (including phenoxy) is 1. The number of ketones is 1. The molecule has 0 spiro atoms. The van der Waals surface area contributed by atoms with E-state index in [0.717, 1.165) is 4.90 Å². The highest BCUT2D eigenvalue weighted by Gasteiger charge is 2.49. The van der Waals surface area contributed by atoms with E-state index in [0.29, 0.717) is 29.2 Å². The van der Waals surface area contributed by atoms with Gasteiger partial charge in [0.1, 0.15) is 11.8 Å². The van der Waals surface area contributed by atoms with E-state index in [9.17, 15) is 19.2 Å². The molecule has 0 bridgehead atoms. The lowest BCUT2D eigenvalue weighted by atomic mass is 10.1. The van der Waals surface area contributed by atoms with Gasteiger partial charge < -0.3 is 19.9 Å². The van der Waals surface area contributed by atoms with Crippen molar-refractivity contribution in [2.24, 2.45) is 0 Å². The van der Waals surface area contributed by atoms with Crippen LogP contribution in [0.4, 0.5) is 21.0 Å². The predicted octanol–water partition coefficient (Wildman–Crippen LogP) is 2.58. The maximum atomic E-state index is 13.0. The van der Waals surface area contributed by atoms with Crippen molar-refractivity contribution < 1.29 is 23.9 Å². The summed E-state index contributed by atoms with van der Waals surface area (Å²) in [7, 11) is 1.54. The van der Waals surface area contributed by atoms with Crippen LogP contribution in [-0.4, -0.2) is 66.3 Å². The van der Waals surface area contributed by atoms with Crippen LogP contribution in [0.5, 0.6) is 5.75 Å². The number of nitrogens with one attached hydrogen (secondary N) is 1. The Labute approximate surface area is 179 Å². The predicted molar refractivity (Wildman–Crippen MR) is 113 cm³/mol. The zero-order chi connectivity index (χ0) is 22.1. The molecule has 2 aliphatic heterocycles. The Hall–Kier alpha value is -3.88. The fourth-order valence-electron chi connectivity index (χ4n) is 3.77. The molecule has 31 heavy (non-hydrogen) atoms. The molecule has 0 radical (unpaired) electrons. The molecular formula is C22H22N4O5. The Kier molecular flexibility index (Phi) is 5.33. The molecule has 2 aliphatic rings. The summed E-state index contributed by atoms with van der Waals surface area (Å²) in [6.07, 6.45) is 0. The monoisotopic (exact) mass is 422 g/mol. The van der Waals surface area contributed by atoms with E-state index in [1.807, 2.05) is 0 Å². The molecule has 1 N–H and O–H groups in total. The van der Waals surface area contributed by atoms with Gasteiger partial charge in [-0.05, 0) is 43.3 Å². The fraction of sp³-hybridized carbons (Fsp3) is 0.273. The Morgan fingerprint density at radius 1 is 1.06 bits per heavy atom. The Balaban J connectivity index is 1.47. The van der Waals surface area contributed by atoms with E-state index in [2.05, 4.69) is 5.32 Å². The molecule has 160 valence electrons. The van der Waals surface area contributed by atoms with E-state index in [1.165, 1.54) is 16.7 Å². The van der Waals surface area contributed by atoms with Gasteiger partial charge >= 0.3 is 12.1 Å². The molecule has 2 saturated heterocycles. The highest BCUT2D eigenvalue weighted by Crippen LogP contribution is 2.28. The van der Waals surface area contributed by atoms with E-state index in [1.54, 1.807) is 55.6 Å². The fourth-order valence-corrected chi connectivity index (χ4v) is 3.77. The number of fused-ring (bicyclic) bond motifs is 1. The first-order valence-electron chi connectivity index (χ1n) is 9.84. The highest BCUT2D eigenvalue weighted by molar-refractivity contribution is 6.21. The second-order valence-electron chi connectivity index (χ2n) is 7.38. The molecule has 0 saturated carbocycles. The largest absolute Gasteiger partial charge is 0.497 e. The van der Waals surface area contributed by atoms with E-state index >= 15 is 0 Å². The summed E-state index contributed by atoms with van der Waals surface area (Å²) in [5.41, 5.74) is 1.48. The molecule has 0 aliphatic carbocycles. The SMILES string of the molecule is COc1cccc(NC(=O)N2CCN3C(=O)N(c4ccc(C(C)=O)cc4)C(=O)[C@@H]3C2)c1. The second kappa shape index (κ2) is 8.10. The first kappa shape index (κ1) is 20.4. The van der Waals surface area contributed by atoms with Crippen molar-refractivity contribution in [2.45, 2.75) is 13.0 Å². The molecule has 1 atom stereocenters. The van der Waals surface area contributed by atoms with Gasteiger partial charge in [0.05, 0.1) is 19.3 Å². The van der Waals surface area contributed by atoms with Gasteiger partial charge in [0.25, 0.3) is 5.91 Å². The minimum Gasteiger partial charge on any atom is -0.497 e. The lowest BCUT2D eigenvalue weighted by Gasteiger charge is -2.35. The van der Waals surface area contributed by atoms with Crippen LogP contribution in [0.1, 0.15) is 17.3 Å². The summed E-state index contributed by atoms with van der Waals surface area (Å²) in [4.78, 5) is 54.1. The molecule has 5 amide bonds. The number of hydrogen-bond acceptors (Lipinski definition) is 5. The molecule has 2 aromatic rings. The Morgan fingerprint density at radius 3 is 2.48 bits per heavy atom. The number of urea groups is 2. The highest BCUT2D eigenvalue weighted by atomic mass is 16.5. The average molecular weight is 422 g/mol. The first-order chi connectivity index (χ1) is 14.9. The van der Waals surface area contributed by atoms with Gasteiger partial charge in [-0.2, -0.15) is 0 Å². The van der Waals surface area contributed by atoms with Crippen molar-refractivity contribution >= 4 is 35.1 Å². The first-order valence-corrected chi connectivity index (χ1v) is 9.84. The van der Waals surface area contributed by atoms with Crippen LogP contribution >= 0.6 is 0 Å². The summed E-state index contributed by atoms with van der Waals surface area (Å²) in [5.74, 6) is 0.130. The molecule has 2 heterocycles. The third kappa shape index (κ3) is 3.81. The maximum absolute atomic E-state index is 13.0. The Morgan fingerprint density at radius 2 is 1.81 bits per heavy atom. The number of benzene rings is 2. The lowest BCUT2D eigenvalue weighted by molar-refractivity contribution is -0.120. The number of anilines is 2. The summed E-state index contributed by atoms with van der Waals surface area (Å²) in [6.45, 7) is 2.11. The lowest BCUT2D eigenvalue weighted by Crippen LogP contribution is -2.55. The zero-order valence-corrected chi connectivity index (χ0v) is 17.2. The number of carbonyl (C=O) groups excluding carboxylic acids is 4. The number of imide groups is 1. The minimum atomic E-state index is -0.746. The molecule has 0 aromatic heterocycles. The van der Waals surface area contributed by atoms with Crippen LogP contribution in [0.15, 0.2) is 48.5 Å². The number of hydrogen-bond donors (Lipinski definition) is 1. The quantitative estimate of drug-likeness (QED) is 0.603. The third-order valence-electron chi connectivity index (χ3n) is 5.46. The summed E-state index contributed by atoms with van der Waals surface area (Å²) in [5, 5.41) is 2.80. The van der Waals surface area contributed by atoms with Crippen LogP contribution in [0.2, 0.25) is 0 Å². The maximum Gasteiger partial charge on any atom is 0.332 e. The smallest absolute Gasteiger partial charge is 0.332 e. The number of carbonyl (C=O) groups is 4. The molecule has 0 unspecified atom stereocenters. The van der Waals surface area contributed by atoms with Gasteiger partial charge in [0.2, 0.25) is 0 Å². The van der Waals surface area contributed by atoms with Crippen LogP contribution in [0.25, 0.3) is 0 Å². The van der Waals surface area contributed by atoms with Crippen molar-refractivity contribution in [2.75, 3.05) is 37.0 Å². The summed E-state index contributed by atoms with van der Waals surface area (Å²) < 4.78 is 5.16. The second-order valence-corrected chi connectivity index (χ2v) is 7.38. The molecule has 2 aromatic carbocycles. The van der Waals surface area contributed by atoms with Gasteiger partial charge in [0, 0.05) is 30.4 Å². The van der Waals surface area contributed by atoms with Gasteiger partial charge in [-0.25, -0.2) is 14.5 Å². The minimum absolute atomic E-state index is 0.0965. The van der Waals surface area contributed by atoms with E-state index in [-0.39, 0.29) is 30.8 Å². The van der Waals surface area contributed by atoms with Crippen molar-refractivity contribution in [3.05, 3.63) is 54.1 Å². The molecule has 9 nitrogen and oxygen atoms in total. The summed E-state index contributed by atoms with van der Waals surface area (Å²) >= 11 is 0. The van der Waals surface area contributed by atoms with Gasteiger partial charge in [-0.3, -0.25) is 9.59 Å². The van der Waals surface area contributed by atoms with Crippen LogP contribution < -0.4 is 15.0 Å². The van der Waals surface area contributed by atoms with Crippen molar-refractivity contribution in [3.63, 3.8) is 0 Å². The van der Waals surface area contributed by atoms with E-state index in [4.69, 9.17) is 4.74 Å². The van der Waals surface area contributed by atoms with Gasteiger partial charge in [-0.1, -0.05) is 6.07 Å². The summed E-state index contributed by atoms with van der Waals surface area (Å²) in [6, 6.07) is 11.8. The topological polar surface area (TPSA) is 99.3 Å². The molecule has 2 fully saturated rings. The molecular weight excluding hydrogens is 400 g/mol. The van der Waals surface area contributed by atoms with Crippen LogP contribution in [-0.2, 0) is 4.79 Å². The average Bonchev–Trinajstić information content (AvgIpc) is 3.03. The zero-order valence-electron chi connectivity index (χ0n) is 17.2. The standard InChI is InChI=1S/C22H22N4O5/c1-14(27)15-6-8-17(9-7-15)26-20(28)19-13-24(10-11-25(19)22(26)30)21(29)23-16-4-3-5-18(12-16)31-2/h3-9,12,19H,10-11,13H2,1-2H3,(H,23,29)/t19-/m0/s1. The Bertz CT molecular complexity index is 1050. The molecule has 4 rings (SSSR count). The third-order valence-corrected chi connectivity index (χ3v) is 5.46. The van der Waals surface area contributed by atoms with Gasteiger partial charge in [0.15, 0.2) is 5.78 Å². The van der Waals surface area contributed by atoms with Crippen LogP contribution in [0.3, 0.4) is 0 Å². The van der Waals surface area contributed by atoms with Crippen molar-refractivity contribution in [3.8, 4) is 5.75 Å². The number of Topliss-reactive ketones (excluding diaryl/α,β-unsaturated/α-hetero) is 1. The van der Waals surface area contributed by atoms with Crippen molar-refractivity contribution in [1.82, 2.24) is 9.80 Å². The van der Waals surface area contributed by atoms with Crippen molar-refractivity contribution in [1.29, 1.82) is 0 Å². The molecule has 9 heteroatoms. The van der Waals surface area contributed by atoms with Crippen LogP contribution in [0, 0.1) is 0 Å². The number of methoxy groups -OCH3 is 1.